The minimum atomic E-state index is -0.269. The van der Waals surface area contributed by atoms with Gasteiger partial charge in [-0.2, -0.15) is 5.26 Å². The number of rotatable bonds is 6. The first-order valence-corrected chi connectivity index (χ1v) is 8.20. The van der Waals surface area contributed by atoms with Gasteiger partial charge in [0.2, 0.25) is 0 Å². The smallest absolute Gasteiger partial charge is 0.255 e. The molecular formula is C20H22N2O3. The van der Waals surface area contributed by atoms with Crippen molar-refractivity contribution < 1.29 is 14.3 Å². The Morgan fingerprint density at radius 3 is 2.52 bits per heavy atom. The molecule has 0 saturated heterocycles. The number of carbonyl (C=O) groups excluding carboxylic acids is 1. The molecule has 1 amide bonds. The number of hydrogen-bond donors (Lipinski definition) is 1. The molecule has 1 N–H and O–H groups in total. The van der Waals surface area contributed by atoms with E-state index in [2.05, 4.69) is 11.4 Å². The minimum absolute atomic E-state index is 0.0451. The molecular weight excluding hydrogens is 316 g/mol. The average molecular weight is 338 g/mol. The molecule has 25 heavy (non-hydrogen) atoms. The van der Waals surface area contributed by atoms with Crippen LogP contribution in [0.4, 0.5) is 5.69 Å². The number of benzene rings is 2. The number of amides is 1. The standard InChI is InChI=1S/C20H22N2O3/c1-5-24-18-9-7-16(10-14(18)4)20(23)22-17-11-15(12-21)6-8-19(17)25-13(2)3/h6-11,13H,5H2,1-4H3,(H,22,23). The van der Waals surface area contributed by atoms with Gasteiger partial charge in [-0.3, -0.25) is 4.79 Å². The zero-order chi connectivity index (χ0) is 18.4. The Hall–Kier alpha value is -3.00. The van der Waals surface area contributed by atoms with Crippen LogP contribution in [0.2, 0.25) is 0 Å². The molecule has 130 valence electrons. The maximum absolute atomic E-state index is 12.6. The maximum Gasteiger partial charge on any atom is 0.255 e. The van der Waals surface area contributed by atoms with Gasteiger partial charge in [0.1, 0.15) is 11.5 Å². The summed E-state index contributed by atoms with van der Waals surface area (Å²) in [7, 11) is 0. The molecule has 0 aliphatic heterocycles. The Morgan fingerprint density at radius 1 is 1.20 bits per heavy atom. The second-order valence-corrected chi connectivity index (χ2v) is 5.86. The number of ether oxygens (including phenoxy) is 2. The number of nitrogens with one attached hydrogen (secondary N) is 1. The Labute approximate surface area is 148 Å². The lowest BCUT2D eigenvalue weighted by Gasteiger charge is -2.15. The van der Waals surface area contributed by atoms with E-state index in [1.807, 2.05) is 27.7 Å². The summed E-state index contributed by atoms with van der Waals surface area (Å²) in [6.07, 6.45) is -0.0451. The summed E-state index contributed by atoms with van der Waals surface area (Å²) in [5, 5.41) is 11.9. The van der Waals surface area contributed by atoms with Crippen LogP contribution in [-0.2, 0) is 0 Å². The van der Waals surface area contributed by atoms with E-state index in [0.29, 0.717) is 29.2 Å². The fourth-order valence-corrected chi connectivity index (χ4v) is 2.36. The van der Waals surface area contributed by atoms with E-state index in [-0.39, 0.29) is 12.0 Å². The summed E-state index contributed by atoms with van der Waals surface area (Å²) in [5.74, 6) is 1.02. The van der Waals surface area contributed by atoms with Crippen molar-refractivity contribution in [3.63, 3.8) is 0 Å². The Morgan fingerprint density at radius 2 is 1.92 bits per heavy atom. The molecule has 0 atom stereocenters. The highest BCUT2D eigenvalue weighted by atomic mass is 16.5. The van der Waals surface area contributed by atoms with Crippen LogP contribution in [-0.4, -0.2) is 18.6 Å². The third-order valence-electron chi connectivity index (χ3n) is 3.46. The molecule has 2 aromatic carbocycles. The zero-order valence-corrected chi connectivity index (χ0v) is 14.9. The summed E-state index contributed by atoms with van der Waals surface area (Å²) in [6, 6.07) is 12.3. The molecule has 0 spiro atoms. The lowest BCUT2D eigenvalue weighted by atomic mass is 10.1. The van der Waals surface area contributed by atoms with Crippen LogP contribution in [0.3, 0.4) is 0 Å². The van der Waals surface area contributed by atoms with Gasteiger partial charge in [-0.05, 0) is 69.7 Å². The number of aryl methyl sites for hydroxylation is 1. The largest absolute Gasteiger partial charge is 0.494 e. The SMILES string of the molecule is CCOc1ccc(C(=O)Nc2cc(C#N)ccc2OC(C)C)cc1C. The third kappa shape index (κ3) is 4.74. The van der Waals surface area contributed by atoms with E-state index in [4.69, 9.17) is 14.7 Å². The number of nitriles is 1. The average Bonchev–Trinajstić information content (AvgIpc) is 2.57. The van der Waals surface area contributed by atoms with Crippen LogP contribution in [0.1, 0.15) is 42.3 Å². The van der Waals surface area contributed by atoms with Gasteiger partial charge in [-0.1, -0.05) is 0 Å². The molecule has 0 heterocycles. The highest BCUT2D eigenvalue weighted by molar-refractivity contribution is 6.05. The first kappa shape index (κ1) is 18.3. The van der Waals surface area contributed by atoms with Gasteiger partial charge in [0, 0.05) is 5.56 Å². The quantitative estimate of drug-likeness (QED) is 0.852. The molecule has 0 aliphatic carbocycles. The predicted molar refractivity (Wildman–Crippen MR) is 97.2 cm³/mol. The fraction of sp³-hybridized carbons (Fsp3) is 0.300. The molecule has 0 saturated carbocycles. The molecule has 2 aromatic rings. The van der Waals surface area contributed by atoms with Crippen molar-refractivity contribution in [3.05, 3.63) is 53.1 Å². The van der Waals surface area contributed by atoms with E-state index in [1.54, 1.807) is 36.4 Å². The van der Waals surface area contributed by atoms with E-state index < -0.39 is 0 Å². The summed E-state index contributed by atoms with van der Waals surface area (Å²) in [6.45, 7) is 8.19. The first-order chi connectivity index (χ1) is 11.9. The predicted octanol–water partition coefficient (Wildman–Crippen LogP) is 4.30. The molecule has 0 aliphatic rings. The Kier molecular flexibility index (Phi) is 6.02. The van der Waals surface area contributed by atoms with Crippen molar-refractivity contribution >= 4 is 11.6 Å². The summed E-state index contributed by atoms with van der Waals surface area (Å²) in [4.78, 5) is 12.6. The summed E-state index contributed by atoms with van der Waals surface area (Å²) in [5.41, 5.74) is 2.33. The Balaban J connectivity index is 2.27. The number of nitrogens with zero attached hydrogens (tertiary/aromatic N) is 1. The van der Waals surface area contributed by atoms with Crippen molar-refractivity contribution in [2.75, 3.05) is 11.9 Å². The van der Waals surface area contributed by atoms with Crippen molar-refractivity contribution in [1.29, 1.82) is 5.26 Å². The second kappa shape index (κ2) is 8.20. The van der Waals surface area contributed by atoms with Gasteiger partial charge in [0.15, 0.2) is 0 Å². The van der Waals surface area contributed by atoms with Gasteiger partial charge >= 0.3 is 0 Å². The zero-order valence-electron chi connectivity index (χ0n) is 14.9. The van der Waals surface area contributed by atoms with Crippen LogP contribution in [0, 0.1) is 18.3 Å². The minimum Gasteiger partial charge on any atom is -0.494 e. The van der Waals surface area contributed by atoms with E-state index in [9.17, 15) is 4.79 Å². The lowest BCUT2D eigenvalue weighted by molar-refractivity contribution is 0.102. The van der Waals surface area contributed by atoms with E-state index in [0.717, 1.165) is 11.3 Å². The summed E-state index contributed by atoms with van der Waals surface area (Å²) < 4.78 is 11.2. The number of anilines is 1. The molecule has 0 unspecified atom stereocenters. The highest BCUT2D eigenvalue weighted by Crippen LogP contribution is 2.28. The molecule has 0 aromatic heterocycles. The van der Waals surface area contributed by atoms with Gasteiger partial charge in [0.05, 0.1) is 30.0 Å². The topological polar surface area (TPSA) is 71.3 Å². The van der Waals surface area contributed by atoms with Gasteiger partial charge in [0.25, 0.3) is 5.91 Å². The van der Waals surface area contributed by atoms with Crippen LogP contribution in [0.15, 0.2) is 36.4 Å². The highest BCUT2D eigenvalue weighted by Gasteiger charge is 2.13. The normalized spacial score (nSPS) is 10.2. The van der Waals surface area contributed by atoms with Crippen molar-refractivity contribution in [1.82, 2.24) is 0 Å². The lowest BCUT2D eigenvalue weighted by Crippen LogP contribution is -2.15. The van der Waals surface area contributed by atoms with E-state index >= 15 is 0 Å². The van der Waals surface area contributed by atoms with Crippen LogP contribution >= 0.6 is 0 Å². The molecule has 2 rings (SSSR count). The van der Waals surface area contributed by atoms with Gasteiger partial charge < -0.3 is 14.8 Å². The Bertz CT molecular complexity index is 807. The second-order valence-electron chi connectivity index (χ2n) is 5.86. The summed E-state index contributed by atoms with van der Waals surface area (Å²) >= 11 is 0. The van der Waals surface area contributed by atoms with Gasteiger partial charge in [-0.15, -0.1) is 0 Å². The molecule has 0 radical (unpaired) electrons. The van der Waals surface area contributed by atoms with Crippen molar-refractivity contribution in [2.24, 2.45) is 0 Å². The van der Waals surface area contributed by atoms with Crippen LogP contribution in [0.25, 0.3) is 0 Å². The van der Waals surface area contributed by atoms with Crippen LogP contribution < -0.4 is 14.8 Å². The van der Waals surface area contributed by atoms with E-state index in [1.165, 1.54) is 0 Å². The van der Waals surface area contributed by atoms with Crippen LogP contribution in [0.5, 0.6) is 11.5 Å². The number of carbonyl (C=O) groups is 1. The maximum atomic E-state index is 12.6. The molecule has 5 nitrogen and oxygen atoms in total. The number of hydrogen-bond acceptors (Lipinski definition) is 4. The fourth-order valence-electron chi connectivity index (χ4n) is 2.36. The monoisotopic (exact) mass is 338 g/mol. The van der Waals surface area contributed by atoms with Crippen molar-refractivity contribution in [2.45, 2.75) is 33.8 Å². The molecule has 0 bridgehead atoms. The van der Waals surface area contributed by atoms with Gasteiger partial charge in [-0.25, -0.2) is 0 Å². The van der Waals surface area contributed by atoms with Crippen molar-refractivity contribution in [3.8, 4) is 17.6 Å². The molecule has 0 fully saturated rings. The molecule has 5 heteroatoms. The first-order valence-electron chi connectivity index (χ1n) is 8.20. The third-order valence-corrected chi connectivity index (χ3v) is 3.46.